The van der Waals surface area contributed by atoms with Crippen LogP contribution in [0, 0.1) is 5.41 Å². The van der Waals surface area contributed by atoms with Gasteiger partial charge in [-0.1, -0.05) is 13.8 Å². The summed E-state index contributed by atoms with van der Waals surface area (Å²) in [6.07, 6.45) is -4.63. The van der Waals surface area contributed by atoms with E-state index >= 15 is 0 Å². The number of nitrogens with zero attached hydrogens (tertiary/aromatic N) is 2. The molecule has 0 bridgehead atoms. The molecule has 2 aromatic rings. The van der Waals surface area contributed by atoms with E-state index in [0.29, 0.717) is 0 Å². The number of nitrogens with two attached hydrogens (primary N) is 1. The topological polar surface area (TPSA) is 133 Å². The zero-order valence-electron chi connectivity index (χ0n) is 19.4. The van der Waals surface area contributed by atoms with E-state index in [1.54, 1.807) is 13.8 Å². The molecule has 0 unspecified atom stereocenters. The van der Waals surface area contributed by atoms with Crippen LogP contribution in [0.1, 0.15) is 71.6 Å². The van der Waals surface area contributed by atoms with Crippen molar-refractivity contribution in [2.24, 2.45) is 11.1 Å². The second-order valence-corrected chi connectivity index (χ2v) is 9.09. The fraction of sp³-hybridized carbons (Fsp3) is 0.435. The number of esters is 1. The van der Waals surface area contributed by atoms with Gasteiger partial charge in [-0.3, -0.25) is 19.2 Å². The van der Waals surface area contributed by atoms with Crippen LogP contribution in [-0.4, -0.2) is 40.5 Å². The van der Waals surface area contributed by atoms with Gasteiger partial charge in [0, 0.05) is 19.3 Å². The molecule has 188 valence electrons. The first kappa shape index (κ1) is 25.9. The summed E-state index contributed by atoms with van der Waals surface area (Å²) < 4.78 is 46.7. The smallest absolute Gasteiger partial charge is 0.435 e. The van der Waals surface area contributed by atoms with Gasteiger partial charge in [-0.25, -0.2) is 4.68 Å². The maximum absolute atomic E-state index is 13.7. The predicted octanol–water partition coefficient (Wildman–Crippen LogP) is 3.43. The molecule has 12 heteroatoms. The van der Waals surface area contributed by atoms with Crippen LogP contribution in [0.4, 0.5) is 18.9 Å². The number of anilines is 1. The molecule has 35 heavy (non-hydrogen) atoms. The summed E-state index contributed by atoms with van der Waals surface area (Å²) in [6.45, 7) is 3.54. The average Bonchev–Trinajstić information content (AvgIpc) is 3.12. The number of nitrogens with one attached hydrogen (secondary N) is 1. The van der Waals surface area contributed by atoms with Crippen LogP contribution in [0.5, 0.6) is 0 Å². The van der Waals surface area contributed by atoms with Crippen LogP contribution in [0.3, 0.4) is 0 Å². The van der Waals surface area contributed by atoms with Crippen LogP contribution in [0.15, 0.2) is 18.2 Å². The summed E-state index contributed by atoms with van der Waals surface area (Å²) in [6, 6.07) is 3.88. The van der Waals surface area contributed by atoms with E-state index < -0.39 is 46.4 Å². The molecule has 1 aliphatic carbocycles. The minimum atomic E-state index is -4.85. The molecule has 0 radical (unpaired) electrons. The number of halogens is 3. The van der Waals surface area contributed by atoms with Crippen molar-refractivity contribution in [1.82, 2.24) is 9.78 Å². The first-order valence-electron chi connectivity index (χ1n) is 10.8. The third kappa shape index (κ3) is 5.69. The third-order valence-corrected chi connectivity index (χ3v) is 5.61. The quantitative estimate of drug-likeness (QED) is 0.567. The third-order valence-electron chi connectivity index (χ3n) is 5.61. The lowest BCUT2D eigenvalue weighted by atomic mass is 9.75. The van der Waals surface area contributed by atoms with Gasteiger partial charge < -0.3 is 15.8 Å². The lowest BCUT2D eigenvalue weighted by molar-refractivity contribution is -0.142. The molecule has 9 nitrogen and oxygen atoms in total. The van der Waals surface area contributed by atoms with E-state index in [9.17, 15) is 32.3 Å². The number of methoxy groups -OCH3 is 1. The Hall–Kier alpha value is -3.70. The normalized spacial score (nSPS) is 14.9. The van der Waals surface area contributed by atoms with Crippen molar-refractivity contribution >= 4 is 29.3 Å². The Bertz CT molecular complexity index is 1200. The summed E-state index contributed by atoms with van der Waals surface area (Å²) >= 11 is 0. The highest BCUT2D eigenvalue weighted by Gasteiger charge is 2.45. The van der Waals surface area contributed by atoms with Crippen LogP contribution < -0.4 is 11.1 Å². The molecule has 2 amide bonds. The first-order valence-corrected chi connectivity index (χ1v) is 10.8. The molecular weight excluding hydrogens is 469 g/mol. The Morgan fingerprint density at radius 1 is 1.20 bits per heavy atom. The van der Waals surface area contributed by atoms with Gasteiger partial charge >= 0.3 is 12.1 Å². The summed E-state index contributed by atoms with van der Waals surface area (Å²) in [5.74, 6) is -2.54. The number of ketones is 1. The predicted molar refractivity (Wildman–Crippen MR) is 118 cm³/mol. The molecule has 0 spiro atoms. The summed E-state index contributed by atoms with van der Waals surface area (Å²) in [7, 11) is 1.22. The minimum absolute atomic E-state index is 0.0100. The number of amides is 2. The number of rotatable bonds is 7. The minimum Gasteiger partial charge on any atom is -0.469 e. The lowest BCUT2D eigenvalue weighted by Gasteiger charge is -2.29. The van der Waals surface area contributed by atoms with Gasteiger partial charge in [-0.2, -0.15) is 18.3 Å². The number of fused-ring (bicyclic) bond motifs is 1. The van der Waals surface area contributed by atoms with E-state index in [1.165, 1.54) is 25.3 Å². The molecular formula is C23H25F3N4O5. The zero-order chi connectivity index (χ0) is 26.1. The van der Waals surface area contributed by atoms with Crippen LogP contribution >= 0.6 is 0 Å². The number of hydrogen-bond acceptors (Lipinski definition) is 6. The van der Waals surface area contributed by atoms with E-state index in [4.69, 9.17) is 5.73 Å². The van der Waals surface area contributed by atoms with Gasteiger partial charge in [-0.15, -0.1) is 0 Å². The fourth-order valence-corrected chi connectivity index (χ4v) is 4.05. The van der Waals surface area contributed by atoms with Crippen molar-refractivity contribution in [3.8, 4) is 5.69 Å². The highest BCUT2D eigenvalue weighted by atomic mass is 19.4. The maximum Gasteiger partial charge on any atom is 0.435 e. The monoisotopic (exact) mass is 494 g/mol. The number of aromatic nitrogens is 2. The Kier molecular flexibility index (Phi) is 7.04. The number of benzene rings is 1. The van der Waals surface area contributed by atoms with E-state index in [2.05, 4.69) is 15.2 Å². The largest absolute Gasteiger partial charge is 0.469 e. The Morgan fingerprint density at radius 2 is 1.89 bits per heavy atom. The summed E-state index contributed by atoms with van der Waals surface area (Å²) in [4.78, 5) is 48.1. The standard InChI is InChI=1S/C23H25F3N4O5/c1-22(2)10-15-19(16(31)11-22)20(23(24,25)26)29-30(15)12-7-8-13(21(27)34)14(9-12)28-17(32)5-4-6-18(33)35-3/h7-9H,4-6,10-11H2,1-3H3,(H2,27,34)(H,28,32). The molecule has 0 fully saturated rings. The fourth-order valence-electron chi connectivity index (χ4n) is 4.05. The van der Waals surface area contributed by atoms with Crippen molar-refractivity contribution < 1.29 is 37.1 Å². The Labute approximate surface area is 198 Å². The molecule has 1 aromatic carbocycles. The summed E-state index contributed by atoms with van der Waals surface area (Å²) in [5, 5.41) is 6.23. The lowest BCUT2D eigenvalue weighted by Crippen LogP contribution is -2.29. The summed E-state index contributed by atoms with van der Waals surface area (Å²) in [5.41, 5.74) is 3.17. The molecule has 0 aliphatic heterocycles. The van der Waals surface area contributed by atoms with Crippen molar-refractivity contribution in [3.63, 3.8) is 0 Å². The number of hydrogen-bond donors (Lipinski definition) is 2. The Balaban J connectivity index is 2.03. The molecule has 1 aromatic heterocycles. The number of ether oxygens (including phenoxy) is 1. The van der Waals surface area contributed by atoms with Crippen molar-refractivity contribution in [3.05, 3.63) is 40.7 Å². The highest BCUT2D eigenvalue weighted by Crippen LogP contribution is 2.42. The molecule has 1 aliphatic rings. The van der Waals surface area contributed by atoms with Gasteiger partial charge in [0.05, 0.1) is 35.3 Å². The maximum atomic E-state index is 13.7. The van der Waals surface area contributed by atoms with Crippen molar-refractivity contribution in [2.75, 3.05) is 12.4 Å². The second kappa shape index (κ2) is 9.51. The van der Waals surface area contributed by atoms with E-state index in [0.717, 1.165) is 4.68 Å². The van der Waals surface area contributed by atoms with Crippen LogP contribution in [-0.2, 0) is 26.9 Å². The molecule has 3 N–H and O–H groups in total. The highest BCUT2D eigenvalue weighted by molar-refractivity contribution is 6.03. The van der Waals surface area contributed by atoms with Gasteiger partial charge in [-0.05, 0) is 36.5 Å². The molecule has 0 saturated heterocycles. The van der Waals surface area contributed by atoms with Crippen LogP contribution in [0.25, 0.3) is 5.69 Å². The molecule has 0 atom stereocenters. The zero-order valence-corrected chi connectivity index (χ0v) is 19.4. The SMILES string of the molecule is COC(=O)CCCC(=O)Nc1cc(-n2nc(C(F)(F)F)c3c2CC(C)(C)CC3=O)ccc1C(N)=O. The number of carbonyl (C=O) groups is 4. The van der Waals surface area contributed by atoms with Gasteiger partial charge in [0.1, 0.15) is 0 Å². The molecule has 3 rings (SSSR count). The van der Waals surface area contributed by atoms with Gasteiger partial charge in [0.2, 0.25) is 5.91 Å². The van der Waals surface area contributed by atoms with E-state index in [-0.39, 0.29) is 54.7 Å². The first-order chi connectivity index (χ1) is 16.2. The van der Waals surface area contributed by atoms with E-state index in [1.807, 2.05) is 0 Å². The molecule has 1 heterocycles. The second-order valence-electron chi connectivity index (χ2n) is 9.09. The van der Waals surface area contributed by atoms with Crippen molar-refractivity contribution in [1.29, 1.82) is 0 Å². The average molecular weight is 494 g/mol. The molecule has 0 saturated carbocycles. The number of carbonyl (C=O) groups excluding carboxylic acids is 4. The van der Waals surface area contributed by atoms with Gasteiger partial charge in [0.25, 0.3) is 5.91 Å². The van der Waals surface area contributed by atoms with Gasteiger partial charge in [0.15, 0.2) is 11.5 Å². The Morgan fingerprint density at radius 3 is 2.49 bits per heavy atom. The number of Topliss-reactive ketones (excluding diaryl/α,β-unsaturated/α-hetero) is 1. The van der Waals surface area contributed by atoms with Crippen molar-refractivity contribution in [2.45, 2.75) is 52.1 Å². The van der Waals surface area contributed by atoms with Crippen LogP contribution in [0.2, 0.25) is 0 Å². The number of primary amides is 1. The number of alkyl halides is 3.